The highest BCUT2D eigenvalue weighted by Crippen LogP contribution is 2.38. The summed E-state index contributed by atoms with van der Waals surface area (Å²) in [5.41, 5.74) is 1.41. The van der Waals surface area contributed by atoms with Crippen LogP contribution in [0.1, 0.15) is 23.7 Å². The predicted molar refractivity (Wildman–Crippen MR) is 145 cm³/mol. The van der Waals surface area contributed by atoms with Crippen molar-refractivity contribution in [1.29, 1.82) is 0 Å². The van der Waals surface area contributed by atoms with Crippen LogP contribution in [-0.2, 0) is 35.7 Å². The first kappa shape index (κ1) is 27.9. The van der Waals surface area contributed by atoms with Crippen molar-refractivity contribution < 1.29 is 27.4 Å². The van der Waals surface area contributed by atoms with Crippen LogP contribution in [0, 0.1) is 0 Å². The van der Waals surface area contributed by atoms with Crippen LogP contribution in [0.4, 0.5) is 24.8 Å². The van der Waals surface area contributed by atoms with Crippen molar-refractivity contribution in [3.63, 3.8) is 0 Å². The number of benzene rings is 2. The highest BCUT2D eigenvalue weighted by atomic mass is 35.5. The lowest BCUT2D eigenvalue weighted by Gasteiger charge is -2.27. The molecule has 3 heterocycles. The standard InChI is InChI=1S/C28H27ClF3N5O3/c1-17(38)13-20-14-21(7-8-33-20)40-24-6-5-23-26(25(24)29)36(2)27(35-23)34-19-4-3-18(22(15-19)28(30,31)32)16-37-9-11-39-12-10-37/h3-8,14-15H,9-13,16H2,1-2H3,(H,34,35). The number of nitrogens with zero attached hydrogens (tertiary/aromatic N) is 4. The van der Waals surface area contributed by atoms with Gasteiger partial charge in [0.05, 0.1) is 35.5 Å². The van der Waals surface area contributed by atoms with Crippen molar-refractivity contribution in [2.24, 2.45) is 7.05 Å². The van der Waals surface area contributed by atoms with Gasteiger partial charge in [0.2, 0.25) is 5.95 Å². The second-order valence-corrected chi connectivity index (χ2v) is 9.96. The van der Waals surface area contributed by atoms with Crippen molar-refractivity contribution >= 4 is 40.1 Å². The second-order valence-electron chi connectivity index (χ2n) is 9.59. The van der Waals surface area contributed by atoms with E-state index in [4.69, 9.17) is 21.1 Å². The summed E-state index contributed by atoms with van der Waals surface area (Å²) in [5, 5.41) is 3.29. The van der Waals surface area contributed by atoms with Crippen molar-refractivity contribution in [1.82, 2.24) is 19.4 Å². The molecule has 0 saturated carbocycles. The van der Waals surface area contributed by atoms with Crippen molar-refractivity contribution in [3.8, 4) is 11.5 Å². The topological polar surface area (TPSA) is 81.5 Å². The Morgan fingerprint density at radius 2 is 1.93 bits per heavy atom. The van der Waals surface area contributed by atoms with E-state index in [1.807, 2.05) is 4.90 Å². The van der Waals surface area contributed by atoms with Crippen LogP contribution >= 0.6 is 11.6 Å². The molecule has 2 aromatic carbocycles. The fourth-order valence-electron chi connectivity index (χ4n) is 4.61. The Balaban J connectivity index is 1.41. The number of Topliss-reactive ketones (excluding diaryl/α,β-unsaturated/α-hetero) is 1. The van der Waals surface area contributed by atoms with E-state index in [1.165, 1.54) is 13.0 Å². The maximum absolute atomic E-state index is 14.0. The molecule has 0 bridgehead atoms. The zero-order chi connectivity index (χ0) is 28.4. The average Bonchev–Trinajstić information content (AvgIpc) is 3.22. The highest BCUT2D eigenvalue weighted by molar-refractivity contribution is 6.36. The Morgan fingerprint density at radius 3 is 2.65 bits per heavy atom. The number of carbonyl (C=O) groups is 1. The first-order chi connectivity index (χ1) is 19.1. The quantitative estimate of drug-likeness (QED) is 0.271. The number of anilines is 2. The van der Waals surface area contributed by atoms with E-state index in [0.29, 0.717) is 60.5 Å². The number of aryl methyl sites for hydroxylation is 1. The van der Waals surface area contributed by atoms with Crippen molar-refractivity contribution in [2.45, 2.75) is 26.1 Å². The number of aromatic nitrogens is 3. The molecule has 0 amide bonds. The molecule has 0 unspecified atom stereocenters. The Morgan fingerprint density at radius 1 is 1.15 bits per heavy atom. The number of carbonyl (C=O) groups excluding carboxylic acids is 1. The van der Waals surface area contributed by atoms with Gasteiger partial charge in [0.1, 0.15) is 22.3 Å². The third kappa shape index (κ3) is 6.22. The predicted octanol–water partition coefficient (Wildman–Crippen LogP) is 6.14. The monoisotopic (exact) mass is 573 g/mol. The first-order valence-electron chi connectivity index (χ1n) is 12.6. The zero-order valence-corrected chi connectivity index (χ0v) is 22.6. The second kappa shape index (κ2) is 11.4. The fraction of sp³-hybridized carbons (Fsp3) is 0.321. The number of ether oxygens (including phenoxy) is 2. The Hall–Kier alpha value is -3.67. The molecule has 1 aliphatic heterocycles. The summed E-state index contributed by atoms with van der Waals surface area (Å²) < 4.78 is 54.9. The van der Waals surface area contributed by atoms with Gasteiger partial charge in [0.25, 0.3) is 0 Å². The van der Waals surface area contributed by atoms with Crippen LogP contribution in [0.2, 0.25) is 5.02 Å². The van der Waals surface area contributed by atoms with E-state index in [0.717, 1.165) is 6.07 Å². The maximum Gasteiger partial charge on any atom is 0.416 e. The lowest BCUT2D eigenvalue weighted by atomic mass is 10.0. The smallest absolute Gasteiger partial charge is 0.416 e. The number of imidazole rings is 1. The molecule has 1 fully saturated rings. The molecule has 12 heteroatoms. The molecule has 1 aliphatic rings. The molecule has 1 N–H and O–H groups in total. The Labute approximate surface area is 233 Å². The number of ketones is 1. The largest absolute Gasteiger partial charge is 0.456 e. The number of nitrogens with one attached hydrogen (secondary N) is 1. The number of fused-ring (bicyclic) bond motifs is 1. The summed E-state index contributed by atoms with van der Waals surface area (Å²) in [6, 6.07) is 10.9. The zero-order valence-electron chi connectivity index (χ0n) is 21.9. The maximum atomic E-state index is 14.0. The van der Waals surface area contributed by atoms with Gasteiger partial charge in [-0.2, -0.15) is 13.2 Å². The molecule has 5 rings (SSSR count). The molecule has 4 aromatic rings. The van der Waals surface area contributed by atoms with E-state index in [1.54, 1.807) is 48.1 Å². The third-order valence-corrected chi connectivity index (χ3v) is 6.92. The molecular weight excluding hydrogens is 547 g/mol. The number of hydrogen-bond acceptors (Lipinski definition) is 7. The van der Waals surface area contributed by atoms with Crippen LogP contribution < -0.4 is 10.1 Å². The fourth-order valence-corrected chi connectivity index (χ4v) is 4.94. The first-order valence-corrected chi connectivity index (χ1v) is 13.0. The summed E-state index contributed by atoms with van der Waals surface area (Å²) in [5.74, 6) is 1.12. The van der Waals surface area contributed by atoms with Crippen LogP contribution in [0.15, 0.2) is 48.7 Å². The number of pyridine rings is 1. The van der Waals surface area contributed by atoms with Crippen LogP contribution in [0.3, 0.4) is 0 Å². The molecule has 2 aromatic heterocycles. The minimum Gasteiger partial charge on any atom is -0.456 e. The van der Waals surface area contributed by atoms with Gasteiger partial charge in [-0.25, -0.2) is 4.98 Å². The van der Waals surface area contributed by atoms with Crippen molar-refractivity contribution in [2.75, 3.05) is 31.6 Å². The minimum absolute atomic E-state index is 0.0203. The minimum atomic E-state index is -4.52. The molecule has 1 saturated heterocycles. The van der Waals surface area contributed by atoms with Gasteiger partial charge in [-0.3, -0.25) is 14.7 Å². The van der Waals surface area contributed by atoms with E-state index < -0.39 is 11.7 Å². The van der Waals surface area contributed by atoms with Crippen molar-refractivity contribution in [3.05, 3.63) is 70.5 Å². The van der Waals surface area contributed by atoms with Gasteiger partial charge < -0.3 is 19.4 Å². The van der Waals surface area contributed by atoms with Gasteiger partial charge in [0, 0.05) is 51.1 Å². The van der Waals surface area contributed by atoms with Gasteiger partial charge >= 0.3 is 6.18 Å². The molecule has 0 aliphatic carbocycles. The number of hydrogen-bond donors (Lipinski definition) is 1. The Kier molecular flexibility index (Phi) is 7.97. The molecular formula is C28H27ClF3N5O3. The highest BCUT2D eigenvalue weighted by Gasteiger charge is 2.34. The molecule has 8 nitrogen and oxygen atoms in total. The van der Waals surface area contributed by atoms with E-state index >= 15 is 0 Å². The molecule has 0 spiro atoms. The summed E-state index contributed by atoms with van der Waals surface area (Å²) in [7, 11) is 1.71. The van der Waals surface area contributed by atoms with Gasteiger partial charge in [-0.1, -0.05) is 17.7 Å². The van der Waals surface area contributed by atoms with Crippen LogP contribution in [-0.4, -0.2) is 51.5 Å². The molecule has 210 valence electrons. The summed E-state index contributed by atoms with van der Waals surface area (Å²) >= 11 is 6.69. The SMILES string of the molecule is CC(=O)Cc1cc(Oc2ccc3nc(Nc4ccc(CN5CCOCC5)c(C(F)(F)F)c4)n(C)c3c2Cl)ccn1. The van der Waals surface area contributed by atoms with Crippen LogP contribution in [0.5, 0.6) is 11.5 Å². The van der Waals surface area contributed by atoms with Gasteiger partial charge in [-0.15, -0.1) is 0 Å². The summed E-state index contributed by atoms with van der Waals surface area (Å²) in [6.45, 7) is 3.86. The number of halogens is 4. The normalized spacial score (nSPS) is 14.4. The average molecular weight is 574 g/mol. The molecule has 0 atom stereocenters. The molecule has 40 heavy (non-hydrogen) atoms. The summed E-state index contributed by atoms with van der Waals surface area (Å²) in [4.78, 5) is 22.1. The van der Waals surface area contributed by atoms with E-state index in [9.17, 15) is 18.0 Å². The lowest BCUT2D eigenvalue weighted by Crippen LogP contribution is -2.36. The van der Waals surface area contributed by atoms with Gasteiger partial charge in [0.15, 0.2) is 0 Å². The van der Waals surface area contributed by atoms with E-state index in [2.05, 4.69) is 15.3 Å². The number of rotatable bonds is 8. The Bertz CT molecular complexity index is 1550. The van der Waals surface area contributed by atoms with Gasteiger partial charge in [-0.05, 0) is 42.8 Å². The van der Waals surface area contributed by atoms with Crippen LogP contribution in [0.25, 0.3) is 11.0 Å². The summed E-state index contributed by atoms with van der Waals surface area (Å²) in [6.07, 6.45) is -2.78. The molecule has 0 radical (unpaired) electrons. The lowest BCUT2D eigenvalue weighted by molar-refractivity contribution is -0.138. The number of alkyl halides is 3. The van der Waals surface area contributed by atoms with E-state index in [-0.39, 0.29) is 35.0 Å². The third-order valence-electron chi connectivity index (χ3n) is 6.55. The number of morpholine rings is 1.